The Morgan fingerprint density at radius 2 is 1.80 bits per heavy atom. The lowest BCUT2D eigenvalue weighted by atomic mass is 10.2. The van der Waals surface area contributed by atoms with E-state index in [1.807, 2.05) is 41.9 Å². The summed E-state index contributed by atoms with van der Waals surface area (Å²) in [6.45, 7) is 3.47. The van der Waals surface area contributed by atoms with Gasteiger partial charge in [-0.1, -0.05) is 18.2 Å². The van der Waals surface area contributed by atoms with Gasteiger partial charge in [0.1, 0.15) is 23.9 Å². The predicted octanol–water partition coefficient (Wildman–Crippen LogP) is 3.40. The highest BCUT2D eigenvalue weighted by atomic mass is 16.5. The number of piperazine rings is 1. The van der Waals surface area contributed by atoms with E-state index >= 15 is 0 Å². The number of furan rings is 1. The summed E-state index contributed by atoms with van der Waals surface area (Å²) in [5.74, 6) is 1.44. The van der Waals surface area contributed by atoms with Crippen molar-refractivity contribution in [1.82, 2.24) is 19.4 Å². The standard InChI is InChI=1S/C26H26N4O5/c1-28-22-15-18(26(32)33)7-9-21(22)27-24(28)16-29-11-13-30(14-12-29)25(31)23-10-8-20(35-23)17-34-19-5-3-2-4-6-19/h2-10,15H,11-14,16-17H2,1H3,(H,32,33). The molecule has 0 unspecified atom stereocenters. The Bertz CT molecular complexity index is 1350. The number of carboxylic acids is 1. The number of aromatic nitrogens is 2. The average Bonchev–Trinajstić information content (AvgIpc) is 3.48. The molecule has 1 saturated heterocycles. The highest BCUT2D eigenvalue weighted by Crippen LogP contribution is 2.20. The monoisotopic (exact) mass is 474 g/mol. The van der Waals surface area contributed by atoms with Gasteiger partial charge in [-0.05, 0) is 42.5 Å². The Kier molecular flexibility index (Phi) is 6.24. The zero-order valence-electron chi connectivity index (χ0n) is 19.4. The van der Waals surface area contributed by atoms with Crippen LogP contribution in [0.25, 0.3) is 11.0 Å². The number of aryl methyl sites for hydroxylation is 1. The first kappa shape index (κ1) is 22.7. The number of aromatic carboxylic acids is 1. The summed E-state index contributed by atoms with van der Waals surface area (Å²) < 4.78 is 13.4. The number of carboxylic acid groups (broad SMARTS) is 1. The van der Waals surface area contributed by atoms with Gasteiger partial charge in [0.05, 0.1) is 23.1 Å². The molecule has 1 aliphatic rings. The molecule has 1 amide bonds. The summed E-state index contributed by atoms with van der Waals surface area (Å²) in [4.78, 5) is 32.9. The molecule has 1 fully saturated rings. The summed E-state index contributed by atoms with van der Waals surface area (Å²) in [5.41, 5.74) is 1.80. The molecule has 0 saturated carbocycles. The van der Waals surface area contributed by atoms with Gasteiger partial charge in [-0.2, -0.15) is 0 Å². The lowest BCUT2D eigenvalue weighted by Crippen LogP contribution is -2.48. The molecule has 2 aromatic heterocycles. The number of hydrogen-bond acceptors (Lipinski definition) is 6. The number of ether oxygens (including phenoxy) is 1. The molecule has 3 heterocycles. The minimum absolute atomic E-state index is 0.125. The van der Waals surface area contributed by atoms with Gasteiger partial charge in [-0.25, -0.2) is 9.78 Å². The zero-order chi connectivity index (χ0) is 24.4. The lowest BCUT2D eigenvalue weighted by molar-refractivity contribution is 0.0589. The molecule has 9 heteroatoms. The van der Waals surface area contributed by atoms with E-state index in [0.29, 0.717) is 44.2 Å². The van der Waals surface area contributed by atoms with Crippen LogP contribution in [0.15, 0.2) is 65.1 Å². The SMILES string of the molecule is Cn1c(CN2CCN(C(=O)c3ccc(COc4ccccc4)o3)CC2)nc2ccc(C(=O)O)cc21. The molecule has 0 spiro atoms. The Labute approximate surface area is 202 Å². The van der Waals surface area contributed by atoms with Crippen molar-refractivity contribution in [2.24, 2.45) is 7.05 Å². The fourth-order valence-corrected chi connectivity index (χ4v) is 4.22. The van der Waals surface area contributed by atoms with Gasteiger partial charge in [-0.15, -0.1) is 0 Å². The average molecular weight is 475 g/mol. The van der Waals surface area contributed by atoms with Crippen molar-refractivity contribution in [3.05, 3.63) is 83.6 Å². The zero-order valence-corrected chi connectivity index (χ0v) is 19.4. The summed E-state index contributed by atoms with van der Waals surface area (Å²) in [5, 5.41) is 9.25. The van der Waals surface area contributed by atoms with Crippen molar-refractivity contribution in [3.63, 3.8) is 0 Å². The number of para-hydroxylation sites is 1. The molecule has 0 aliphatic carbocycles. The number of fused-ring (bicyclic) bond motifs is 1. The molecule has 5 rings (SSSR count). The Balaban J connectivity index is 1.16. The third kappa shape index (κ3) is 4.90. The second-order valence-corrected chi connectivity index (χ2v) is 8.53. The van der Waals surface area contributed by atoms with Crippen molar-refractivity contribution >= 4 is 22.9 Å². The number of carbonyl (C=O) groups is 2. The second kappa shape index (κ2) is 9.63. The Morgan fingerprint density at radius 1 is 1.03 bits per heavy atom. The number of imidazole rings is 1. The molecule has 0 radical (unpaired) electrons. The van der Waals surface area contributed by atoms with Crippen LogP contribution < -0.4 is 4.74 Å². The number of benzene rings is 2. The smallest absolute Gasteiger partial charge is 0.335 e. The van der Waals surface area contributed by atoms with E-state index in [2.05, 4.69) is 9.88 Å². The fraction of sp³-hybridized carbons (Fsp3) is 0.269. The van der Waals surface area contributed by atoms with E-state index < -0.39 is 5.97 Å². The van der Waals surface area contributed by atoms with Gasteiger partial charge in [0.15, 0.2) is 5.76 Å². The van der Waals surface area contributed by atoms with Crippen LogP contribution in [0.2, 0.25) is 0 Å². The highest BCUT2D eigenvalue weighted by Gasteiger charge is 2.25. The first-order valence-electron chi connectivity index (χ1n) is 11.4. The largest absolute Gasteiger partial charge is 0.486 e. The number of carbonyl (C=O) groups excluding carboxylic acids is 1. The van der Waals surface area contributed by atoms with Crippen molar-refractivity contribution in [1.29, 1.82) is 0 Å². The third-order valence-corrected chi connectivity index (χ3v) is 6.24. The van der Waals surface area contributed by atoms with E-state index in [0.717, 1.165) is 22.6 Å². The van der Waals surface area contributed by atoms with E-state index in [9.17, 15) is 14.7 Å². The maximum Gasteiger partial charge on any atom is 0.335 e. The number of hydrogen-bond donors (Lipinski definition) is 1. The Morgan fingerprint density at radius 3 is 2.54 bits per heavy atom. The third-order valence-electron chi connectivity index (χ3n) is 6.24. The van der Waals surface area contributed by atoms with Gasteiger partial charge >= 0.3 is 5.97 Å². The highest BCUT2D eigenvalue weighted by molar-refractivity contribution is 5.92. The molecule has 0 atom stereocenters. The van der Waals surface area contributed by atoms with Crippen LogP contribution in [0.1, 0.15) is 32.5 Å². The normalized spacial score (nSPS) is 14.4. The van der Waals surface area contributed by atoms with Crippen molar-refractivity contribution < 1.29 is 23.8 Å². The summed E-state index contributed by atoms with van der Waals surface area (Å²) in [7, 11) is 1.89. The van der Waals surface area contributed by atoms with Gasteiger partial charge in [0.2, 0.25) is 0 Å². The molecule has 4 aromatic rings. The van der Waals surface area contributed by atoms with Crippen LogP contribution in [0.3, 0.4) is 0 Å². The topological polar surface area (TPSA) is 101 Å². The molecule has 0 bridgehead atoms. The summed E-state index contributed by atoms with van der Waals surface area (Å²) in [6, 6.07) is 17.9. The maximum atomic E-state index is 12.9. The van der Waals surface area contributed by atoms with Crippen LogP contribution in [-0.2, 0) is 20.2 Å². The van der Waals surface area contributed by atoms with Crippen LogP contribution in [-0.4, -0.2) is 62.5 Å². The lowest BCUT2D eigenvalue weighted by Gasteiger charge is -2.34. The first-order valence-corrected chi connectivity index (χ1v) is 11.4. The van der Waals surface area contributed by atoms with Crippen LogP contribution in [0, 0.1) is 0 Å². The maximum absolute atomic E-state index is 12.9. The molecule has 9 nitrogen and oxygen atoms in total. The van der Waals surface area contributed by atoms with Gasteiger partial charge in [-0.3, -0.25) is 9.69 Å². The fourth-order valence-electron chi connectivity index (χ4n) is 4.22. The van der Waals surface area contributed by atoms with Crippen LogP contribution in [0.4, 0.5) is 0 Å². The van der Waals surface area contributed by atoms with E-state index in [1.165, 1.54) is 0 Å². The molecule has 180 valence electrons. The van der Waals surface area contributed by atoms with Crippen LogP contribution in [0.5, 0.6) is 5.75 Å². The van der Waals surface area contributed by atoms with Crippen LogP contribution >= 0.6 is 0 Å². The molecule has 2 aromatic carbocycles. The van der Waals surface area contributed by atoms with E-state index in [4.69, 9.17) is 9.15 Å². The number of amides is 1. The molecular formula is C26H26N4O5. The van der Waals surface area contributed by atoms with Crippen molar-refractivity contribution in [3.8, 4) is 5.75 Å². The minimum atomic E-state index is -0.956. The Hall–Kier alpha value is -4.11. The second-order valence-electron chi connectivity index (χ2n) is 8.53. The number of nitrogens with zero attached hydrogens (tertiary/aromatic N) is 4. The van der Waals surface area contributed by atoms with E-state index in [1.54, 1.807) is 35.2 Å². The summed E-state index contributed by atoms with van der Waals surface area (Å²) in [6.07, 6.45) is 0. The quantitative estimate of drug-likeness (QED) is 0.438. The molecule has 35 heavy (non-hydrogen) atoms. The predicted molar refractivity (Wildman–Crippen MR) is 128 cm³/mol. The van der Waals surface area contributed by atoms with Gasteiger partial charge in [0, 0.05) is 33.2 Å². The minimum Gasteiger partial charge on any atom is -0.486 e. The molecule has 1 N–H and O–H groups in total. The van der Waals surface area contributed by atoms with Gasteiger partial charge < -0.3 is 23.7 Å². The molecular weight excluding hydrogens is 448 g/mol. The van der Waals surface area contributed by atoms with Gasteiger partial charge in [0.25, 0.3) is 5.91 Å². The van der Waals surface area contributed by atoms with Crippen molar-refractivity contribution in [2.75, 3.05) is 26.2 Å². The number of rotatable bonds is 7. The molecule has 1 aliphatic heterocycles. The first-order chi connectivity index (χ1) is 17.0. The van der Waals surface area contributed by atoms with Crippen molar-refractivity contribution in [2.45, 2.75) is 13.2 Å². The van der Waals surface area contributed by atoms with E-state index in [-0.39, 0.29) is 18.1 Å². The summed E-state index contributed by atoms with van der Waals surface area (Å²) >= 11 is 0.